The molecule has 0 unspecified atom stereocenters. The maximum atomic E-state index is 12.7. The molecule has 3 rings (SSSR count). The number of hydrogen-bond donors (Lipinski definition) is 2. The van der Waals surface area contributed by atoms with E-state index in [0.29, 0.717) is 11.3 Å². The smallest absolute Gasteiger partial charge is 0.309 e. The van der Waals surface area contributed by atoms with Gasteiger partial charge in [0, 0.05) is 23.5 Å². The number of urea groups is 1. The number of carbonyl (C=O) groups is 1. The highest BCUT2D eigenvalue weighted by Crippen LogP contribution is 2.18. The van der Waals surface area contributed by atoms with E-state index in [2.05, 4.69) is 10.6 Å². The molecule has 0 radical (unpaired) electrons. The number of nitrogens with one attached hydrogen (secondary N) is 2. The Morgan fingerprint density at radius 3 is 2.39 bits per heavy atom. The Morgan fingerprint density at radius 1 is 1.00 bits per heavy atom. The summed E-state index contributed by atoms with van der Waals surface area (Å²) in [5.74, 6) is 0. The van der Waals surface area contributed by atoms with E-state index in [-0.39, 0.29) is 17.9 Å². The van der Waals surface area contributed by atoms with Gasteiger partial charge >= 0.3 is 6.03 Å². The third-order valence-corrected chi connectivity index (χ3v) is 4.19. The average Bonchev–Trinajstić information content (AvgIpc) is 2.67. The number of aromatic nitrogens is 1. The fraction of sp³-hybridized carbons (Fsp3) is 0.100. The number of nitrogens with zero attached hydrogens (tertiary/aromatic N) is 2. The van der Waals surface area contributed by atoms with Crippen LogP contribution in [0.3, 0.4) is 0 Å². The number of pyridine rings is 1. The number of amides is 2. The molecule has 28 heavy (non-hydrogen) atoms. The highest BCUT2D eigenvalue weighted by molar-refractivity contribution is 6.00. The molecule has 1 aromatic heterocycles. The van der Waals surface area contributed by atoms with Gasteiger partial charge in [0.25, 0.3) is 11.2 Å². The standard InChI is InChI=1S/C20H18N4O4/c1-14-7-2-4-9-16(14)21-20(26)22-17-10-6-12-23(19(17)25)13-15-8-3-5-11-18(15)24(27)28/h2-12H,13H2,1H3,(H2,21,22,26). The van der Waals surface area contributed by atoms with Gasteiger partial charge < -0.3 is 15.2 Å². The average molecular weight is 378 g/mol. The van der Waals surface area contributed by atoms with Crippen molar-refractivity contribution in [2.45, 2.75) is 13.5 Å². The third-order valence-electron chi connectivity index (χ3n) is 4.19. The summed E-state index contributed by atoms with van der Waals surface area (Å²) in [5, 5.41) is 16.4. The quantitative estimate of drug-likeness (QED) is 0.521. The largest absolute Gasteiger partial charge is 0.323 e. The highest BCUT2D eigenvalue weighted by atomic mass is 16.6. The van der Waals surface area contributed by atoms with Crippen LogP contribution in [0.1, 0.15) is 11.1 Å². The van der Waals surface area contributed by atoms with E-state index < -0.39 is 16.5 Å². The van der Waals surface area contributed by atoms with Gasteiger partial charge in [0.1, 0.15) is 5.69 Å². The Hall–Kier alpha value is -3.94. The summed E-state index contributed by atoms with van der Waals surface area (Å²) in [6, 6.07) is 16.0. The summed E-state index contributed by atoms with van der Waals surface area (Å²) < 4.78 is 1.31. The molecule has 2 N–H and O–H groups in total. The van der Waals surface area contributed by atoms with Gasteiger partial charge in [0.2, 0.25) is 0 Å². The minimum Gasteiger partial charge on any atom is -0.309 e. The summed E-state index contributed by atoms with van der Waals surface area (Å²) in [6.07, 6.45) is 1.52. The fourth-order valence-electron chi connectivity index (χ4n) is 2.75. The van der Waals surface area contributed by atoms with Crippen molar-refractivity contribution >= 4 is 23.1 Å². The molecule has 0 saturated carbocycles. The molecule has 8 nitrogen and oxygen atoms in total. The van der Waals surface area contributed by atoms with Gasteiger partial charge in [-0.05, 0) is 30.7 Å². The van der Waals surface area contributed by atoms with Crippen LogP contribution in [0, 0.1) is 17.0 Å². The molecule has 0 fully saturated rings. The SMILES string of the molecule is Cc1ccccc1NC(=O)Nc1cccn(Cc2ccccc2[N+](=O)[O-])c1=O. The molecule has 0 spiro atoms. The number of rotatable bonds is 5. The number of para-hydroxylation sites is 2. The molecule has 8 heteroatoms. The van der Waals surface area contributed by atoms with Gasteiger partial charge in [-0.25, -0.2) is 4.79 Å². The number of nitro groups is 1. The van der Waals surface area contributed by atoms with Crippen molar-refractivity contribution in [3.63, 3.8) is 0 Å². The zero-order valence-corrected chi connectivity index (χ0v) is 15.1. The van der Waals surface area contributed by atoms with Gasteiger partial charge in [-0.3, -0.25) is 14.9 Å². The molecule has 0 aliphatic rings. The second-order valence-electron chi connectivity index (χ2n) is 6.13. The molecule has 0 saturated heterocycles. The predicted molar refractivity (Wildman–Crippen MR) is 107 cm³/mol. The lowest BCUT2D eigenvalue weighted by Gasteiger charge is -2.11. The minimum absolute atomic E-state index is 0.0188. The molecule has 0 atom stereocenters. The van der Waals surface area contributed by atoms with Gasteiger partial charge in [-0.2, -0.15) is 0 Å². The fourth-order valence-corrected chi connectivity index (χ4v) is 2.75. The Kier molecular flexibility index (Phi) is 5.50. The van der Waals surface area contributed by atoms with Crippen LogP contribution in [0.15, 0.2) is 71.7 Å². The van der Waals surface area contributed by atoms with Crippen molar-refractivity contribution in [1.82, 2.24) is 4.57 Å². The second-order valence-corrected chi connectivity index (χ2v) is 6.13. The van der Waals surface area contributed by atoms with E-state index in [1.807, 2.05) is 19.1 Å². The molecule has 142 valence electrons. The van der Waals surface area contributed by atoms with Gasteiger partial charge in [0.05, 0.1) is 11.5 Å². The number of anilines is 2. The first-order valence-electron chi connectivity index (χ1n) is 8.51. The minimum atomic E-state index is -0.546. The lowest BCUT2D eigenvalue weighted by molar-refractivity contribution is -0.385. The van der Waals surface area contributed by atoms with E-state index in [1.165, 1.54) is 22.9 Å². The number of benzene rings is 2. The van der Waals surface area contributed by atoms with Crippen LogP contribution in [0.5, 0.6) is 0 Å². The molecule has 0 aliphatic heterocycles. The van der Waals surface area contributed by atoms with Crippen molar-refractivity contribution in [2.75, 3.05) is 10.6 Å². The van der Waals surface area contributed by atoms with Crippen LogP contribution >= 0.6 is 0 Å². The molecule has 3 aromatic rings. The van der Waals surface area contributed by atoms with Crippen LogP contribution in [0.4, 0.5) is 21.9 Å². The lowest BCUT2D eigenvalue weighted by Crippen LogP contribution is -2.28. The van der Waals surface area contributed by atoms with Crippen molar-refractivity contribution < 1.29 is 9.72 Å². The van der Waals surface area contributed by atoms with Crippen LogP contribution in [0.25, 0.3) is 0 Å². The Morgan fingerprint density at radius 2 is 1.64 bits per heavy atom. The van der Waals surface area contributed by atoms with Crippen LogP contribution in [-0.2, 0) is 6.54 Å². The maximum Gasteiger partial charge on any atom is 0.323 e. The van der Waals surface area contributed by atoms with E-state index >= 15 is 0 Å². The first kappa shape index (κ1) is 18.8. The first-order valence-corrected chi connectivity index (χ1v) is 8.51. The van der Waals surface area contributed by atoms with Crippen LogP contribution in [-0.4, -0.2) is 15.5 Å². The number of nitro benzene ring substituents is 1. The van der Waals surface area contributed by atoms with E-state index in [1.54, 1.807) is 36.4 Å². The van der Waals surface area contributed by atoms with E-state index in [4.69, 9.17) is 0 Å². The molecular weight excluding hydrogens is 360 g/mol. The second kappa shape index (κ2) is 8.17. The Labute approximate surface area is 160 Å². The molecular formula is C20H18N4O4. The third kappa shape index (κ3) is 4.24. The zero-order chi connectivity index (χ0) is 20.1. The summed E-state index contributed by atoms with van der Waals surface area (Å²) in [6.45, 7) is 1.88. The molecule has 2 aromatic carbocycles. The summed E-state index contributed by atoms with van der Waals surface area (Å²) in [7, 11) is 0. The molecule has 2 amide bonds. The summed E-state index contributed by atoms with van der Waals surface area (Å²) in [4.78, 5) is 35.6. The van der Waals surface area contributed by atoms with Crippen molar-refractivity contribution in [1.29, 1.82) is 0 Å². The molecule has 0 aliphatic carbocycles. The van der Waals surface area contributed by atoms with Crippen LogP contribution in [0.2, 0.25) is 0 Å². The normalized spacial score (nSPS) is 10.3. The number of carbonyl (C=O) groups excluding carboxylic acids is 1. The van der Waals surface area contributed by atoms with Crippen molar-refractivity contribution in [3.8, 4) is 0 Å². The molecule has 1 heterocycles. The topological polar surface area (TPSA) is 106 Å². The van der Waals surface area contributed by atoms with E-state index in [9.17, 15) is 19.7 Å². The predicted octanol–water partition coefficient (Wildman–Crippen LogP) is 3.76. The maximum absolute atomic E-state index is 12.7. The van der Waals surface area contributed by atoms with Gasteiger partial charge in [-0.1, -0.05) is 36.4 Å². The van der Waals surface area contributed by atoms with Gasteiger partial charge in [0.15, 0.2) is 0 Å². The number of hydrogen-bond acceptors (Lipinski definition) is 4. The van der Waals surface area contributed by atoms with Crippen molar-refractivity contribution in [3.05, 3.63) is 98.5 Å². The Balaban J connectivity index is 1.80. The van der Waals surface area contributed by atoms with Gasteiger partial charge in [-0.15, -0.1) is 0 Å². The Bertz CT molecular complexity index is 1090. The monoisotopic (exact) mass is 378 g/mol. The van der Waals surface area contributed by atoms with Crippen molar-refractivity contribution in [2.24, 2.45) is 0 Å². The number of aryl methyl sites for hydroxylation is 1. The zero-order valence-electron chi connectivity index (χ0n) is 15.1. The molecule has 0 bridgehead atoms. The summed E-state index contributed by atoms with van der Waals surface area (Å²) in [5.41, 5.74) is 1.48. The first-order chi connectivity index (χ1) is 13.5. The van der Waals surface area contributed by atoms with E-state index in [0.717, 1.165) is 5.56 Å². The highest BCUT2D eigenvalue weighted by Gasteiger charge is 2.14. The summed E-state index contributed by atoms with van der Waals surface area (Å²) >= 11 is 0. The lowest BCUT2D eigenvalue weighted by atomic mass is 10.2. The van der Waals surface area contributed by atoms with Crippen LogP contribution < -0.4 is 16.2 Å².